The van der Waals surface area contributed by atoms with E-state index in [1.165, 1.54) is 25.5 Å². The zero-order chi connectivity index (χ0) is 21.5. The number of amides is 2. The minimum atomic E-state index is -0.538. The summed E-state index contributed by atoms with van der Waals surface area (Å²) in [6, 6.07) is 3.20. The Morgan fingerprint density at radius 3 is 2.73 bits per heavy atom. The van der Waals surface area contributed by atoms with Crippen molar-refractivity contribution in [2.75, 3.05) is 20.8 Å². The van der Waals surface area contributed by atoms with Crippen LogP contribution in [0.2, 0.25) is 0 Å². The van der Waals surface area contributed by atoms with E-state index >= 15 is 0 Å². The van der Waals surface area contributed by atoms with Crippen molar-refractivity contribution in [2.45, 2.75) is 62.1 Å². The maximum Gasteiger partial charge on any atom is 0.260 e. The minimum absolute atomic E-state index is 0.0847. The number of ether oxygens (including phenoxy) is 2. The summed E-state index contributed by atoms with van der Waals surface area (Å²) in [7, 11) is 3.09. The number of benzene rings is 1. The average Bonchev–Trinajstić information content (AvgIpc) is 3.17. The molecule has 1 aromatic rings. The van der Waals surface area contributed by atoms with Crippen LogP contribution >= 0.6 is 11.8 Å². The van der Waals surface area contributed by atoms with Gasteiger partial charge in [-0.05, 0) is 52.0 Å². The smallest absolute Gasteiger partial charge is 0.260 e. The number of methoxy groups -OCH3 is 2. The van der Waals surface area contributed by atoms with Gasteiger partial charge in [-0.25, -0.2) is 0 Å². The molecule has 2 amide bonds. The summed E-state index contributed by atoms with van der Waals surface area (Å²) in [4.78, 5) is 28.4. The number of fused-ring (bicyclic) bond motifs is 3. The molecule has 0 saturated carbocycles. The van der Waals surface area contributed by atoms with Gasteiger partial charge >= 0.3 is 0 Å². The molecule has 1 fully saturated rings. The number of nitrogens with zero attached hydrogens (tertiary/aromatic N) is 1. The largest absolute Gasteiger partial charge is 0.493 e. The summed E-state index contributed by atoms with van der Waals surface area (Å²) in [5.74, 6) is 0.713. The quantitative estimate of drug-likeness (QED) is 0.690. The second-order valence-corrected chi connectivity index (χ2v) is 10.3. The molecule has 6 nitrogen and oxygen atoms in total. The van der Waals surface area contributed by atoms with Crippen molar-refractivity contribution in [1.82, 2.24) is 10.2 Å². The lowest BCUT2D eigenvalue weighted by molar-refractivity contribution is -0.126. The third-order valence-corrected chi connectivity index (χ3v) is 7.81. The van der Waals surface area contributed by atoms with Gasteiger partial charge in [0.15, 0.2) is 11.5 Å². The maximum absolute atomic E-state index is 13.4. The molecule has 1 aliphatic carbocycles. The first kappa shape index (κ1) is 21.1. The SMILES string of the molecule is COc1ccc2c(c1OC)C(=O)N1[C@H]2SC(C)(C)[C@H]1C(=O)NCCC1=CCCCC1. The highest BCUT2D eigenvalue weighted by molar-refractivity contribution is 8.01. The second kappa shape index (κ2) is 8.17. The lowest BCUT2D eigenvalue weighted by atomic mass is 9.97. The van der Waals surface area contributed by atoms with Gasteiger partial charge in [-0.1, -0.05) is 17.7 Å². The molecule has 0 unspecified atom stereocenters. The Labute approximate surface area is 182 Å². The van der Waals surface area contributed by atoms with Crippen LogP contribution in [0.5, 0.6) is 11.5 Å². The average molecular weight is 431 g/mol. The van der Waals surface area contributed by atoms with Gasteiger partial charge in [0.2, 0.25) is 5.91 Å². The van der Waals surface area contributed by atoms with E-state index in [2.05, 4.69) is 11.4 Å². The Hall–Kier alpha value is -2.15. The molecule has 7 heteroatoms. The van der Waals surface area contributed by atoms with Gasteiger partial charge < -0.3 is 19.7 Å². The first-order chi connectivity index (χ1) is 14.4. The fourth-order valence-corrected chi connectivity index (χ4v) is 6.41. The number of carbonyl (C=O) groups excluding carboxylic acids is 2. The fraction of sp³-hybridized carbons (Fsp3) is 0.565. The molecule has 0 bridgehead atoms. The van der Waals surface area contributed by atoms with E-state index in [4.69, 9.17) is 9.47 Å². The van der Waals surface area contributed by atoms with Crippen LogP contribution in [0.15, 0.2) is 23.8 Å². The van der Waals surface area contributed by atoms with Gasteiger partial charge in [0, 0.05) is 16.9 Å². The first-order valence-electron chi connectivity index (χ1n) is 10.6. The minimum Gasteiger partial charge on any atom is -0.493 e. The number of rotatable bonds is 6. The Morgan fingerprint density at radius 2 is 2.07 bits per heavy atom. The van der Waals surface area contributed by atoms with E-state index in [0.29, 0.717) is 23.6 Å². The molecular weight excluding hydrogens is 400 g/mol. The monoisotopic (exact) mass is 430 g/mol. The Morgan fingerprint density at radius 1 is 1.27 bits per heavy atom. The highest BCUT2D eigenvalue weighted by Gasteiger charge is 2.58. The van der Waals surface area contributed by atoms with E-state index in [0.717, 1.165) is 24.8 Å². The van der Waals surface area contributed by atoms with Crippen LogP contribution in [0.4, 0.5) is 0 Å². The van der Waals surface area contributed by atoms with Gasteiger partial charge in [-0.15, -0.1) is 11.8 Å². The summed E-state index contributed by atoms with van der Waals surface area (Å²) in [5, 5.41) is 2.90. The van der Waals surface area contributed by atoms with E-state index in [-0.39, 0.29) is 21.9 Å². The topological polar surface area (TPSA) is 67.9 Å². The lowest BCUT2D eigenvalue weighted by Gasteiger charge is -2.29. The molecule has 0 radical (unpaired) electrons. The van der Waals surface area contributed by atoms with Crippen LogP contribution in [-0.2, 0) is 4.79 Å². The summed E-state index contributed by atoms with van der Waals surface area (Å²) in [6.45, 7) is 4.69. The van der Waals surface area contributed by atoms with Crippen LogP contribution in [0.25, 0.3) is 0 Å². The molecule has 4 rings (SSSR count). The van der Waals surface area contributed by atoms with Crippen LogP contribution < -0.4 is 14.8 Å². The van der Waals surface area contributed by atoms with Crippen LogP contribution in [0.1, 0.15) is 67.2 Å². The molecule has 1 N–H and O–H groups in total. The van der Waals surface area contributed by atoms with Crippen molar-refractivity contribution in [3.05, 3.63) is 34.9 Å². The van der Waals surface area contributed by atoms with E-state index < -0.39 is 6.04 Å². The van der Waals surface area contributed by atoms with E-state index in [1.54, 1.807) is 23.8 Å². The highest BCUT2D eigenvalue weighted by Crippen LogP contribution is 2.58. The van der Waals surface area contributed by atoms with Crippen LogP contribution in [0.3, 0.4) is 0 Å². The zero-order valence-corrected chi connectivity index (χ0v) is 18.9. The zero-order valence-electron chi connectivity index (χ0n) is 18.1. The number of carbonyl (C=O) groups is 2. The normalized spacial score (nSPS) is 24.2. The first-order valence-corrected chi connectivity index (χ1v) is 11.5. The third-order valence-electron chi connectivity index (χ3n) is 6.28. The standard InChI is InChI=1S/C23H30N2O4S/c1-23(2)19(20(26)24-13-12-14-8-6-5-7-9-14)25-21(27)17-15(22(25)30-23)10-11-16(28-3)18(17)29-4/h8,10-11,19,22H,5-7,9,12-13H2,1-4H3,(H,24,26)/t19-,22+/m1/s1. The molecule has 3 aliphatic rings. The second-order valence-electron chi connectivity index (χ2n) is 8.60. The lowest BCUT2D eigenvalue weighted by Crippen LogP contribution is -2.52. The van der Waals surface area contributed by atoms with Gasteiger partial charge in [-0.3, -0.25) is 9.59 Å². The number of hydrogen-bond acceptors (Lipinski definition) is 5. The molecular formula is C23H30N2O4S. The molecule has 1 aromatic carbocycles. The summed E-state index contributed by atoms with van der Waals surface area (Å²) < 4.78 is 10.5. The Kier molecular flexibility index (Phi) is 5.75. The Balaban J connectivity index is 1.55. The van der Waals surface area contributed by atoms with Crippen molar-refractivity contribution in [2.24, 2.45) is 0 Å². The molecule has 1 saturated heterocycles. The van der Waals surface area contributed by atoms with Crippen molar-refractivity contribution in [3.63, 3.8) is 0 Å². The molecule has 2 aliphatic heterocycles. The summed E-state index contributed by atoms with van der Waals surface area (Å²) >= 11 is 1.65. The van der Waals surface area contributed by atoms with Crippen LogP contribution in [-0.4, -0.2) is 48.3 Å². The highest BCUT2D eigenvalue weighted by atomic mass is 32.2. The number of thioether (sulfide) groups is 1. The molecule has 2 atom stereocenters. The van der Waals surface area contributed by atoms with Gasteiger partial charge in [0.1, 0.15) is 11.4 Å². The molecule has 162 valence electrons. The van der Waals surface area contributed by atoms with Crippen molar-refractivity contribution < 1.29 is 19.1 Å². The van der Waals surface area contributed by atoms with Crippen molar-refractivity contribution in [1.29, 1.82) is 0 Å². The molecule has 2 heterocycles. The summed E-state index contributed by atoms with van der Waals surface area (Å²) in [5.41, 5.74) is 2.83. The number of nitrogens with one attached hydrogen (secondary N) is 1. The van der Waals surface area contributed by atoms with Gasteiger partial charge in [0.05, 0.1) is 19.8 Å². The molecule has 30 heavy (non-hydrogen) atoms. The van der Waals surface area contributed by atoms with Crippen LogP contribution in [0, 0.1) is 0 Å². The predicted molar refractivity (Wildman–Crippen MR) is 118 cm³/mol. The number of hydrogen-bond donors (Lipinski definition) is 1. The van der Waals surface area contributed by atoms with Gasteiger partial charge in [-0.2, -0.15) is 0 Å². The van der Waals surface area contributed by atoms with Gasteiger partial charge in [0.25, 0.3) is 5.91 Å². The van der Waals surface area contributed by atoms with Crippen molar-refractivity contribution >= 4 is 23.6 Å². The molecule has 0 aromatic heterocycles. The number of allylic oxidation sites excluding steroid dienone is 1. The third kappa shape index (κ3) is 3.47. The maximum atomic E-state index is 13.4. The van der Waals surface area contributed by atoms with E-state index in [9.17, 15) is 9.59 Å². The Bertz CT molecular complexity index is 895. The summed E-state index contributed by atoms with van der Waals surface area (Å²) in [6.07, 6.45) is 7.96. The molecule has 0 spiro atoms. The van der Waals surface area contributed by atoms with Crippen molar-refractivity contribution in [3.8, 4) is 11.5 Å². The predicted octanol–water partition coefficient (Wildman–Crippen LogP) is 4.06. The van der Waals surface area contributed by atoms with E-state index in [1.807, 2.05) is 26.0 Å². The fourth-order valence-electron chi connectivity index (χ4n) is 4.83.